The van der Waals surface area contributed by atoms with Crippen LogP contribution in [0.3, 0.4) is 0 Å². The van der Waals surface area contributed by atoms with Gasteiger partial charge in [0.1, 0.15) is 18.2 Å². The molecule has 1 aliphatic rings. The summed E-state index contributed by atoms with van der Waals surface area (Å²) in [5.41, 5.74) is 6.26. The number of rotatable bonds is 0. The van der Waals surface area contributed by atoms with Gasteiger partial charge in [0.05, 0.1) is 16.7 Å². The molecule has 0 aliphatic carbocycles. The predicted molar refractivity (Wildman–Crippen MR) is 63.7 cm³/mol. The Bertz CT molecular complexity index is 427. The van der Waals surface area contributed by atoms with E-state index in [2.05, 4.69) is 15.9 Å². The summed E-state index contributed by atoms with van der Waals surface area (Å²) in [6, 6.07) is 2.94. The first-order valence-corrected chi connectivity index (χ1v) is 5.48. The molecule has 6 heteroatoms. The summed E-state index contributed by atoms with van der Waals surface area (Å²) in [5.74, 6) is 0.105. The van der Waals surface area contributed by atoms with Crippen LogP contribution in [0.25, 0.3) is 0 Å². The van der Waals surface area contributed by atoms with Gasteiger partial charge in [0.15, 0.2) is 5.11 Å². The molecule has 0 saturated carbocycles. The number of nitrogens with two attached hydrogens (primary N) is 1. The minimum Gasteiger partial charge on any atom is -0.489 e. The van der Waals surface area contributed by atoms with Gasteiger partial charge in [-0.15, -0.1) is 0 Å². The molecule has 0 bridgehead atoms. The lowest BCUT2D eigenvalue weighted by molar-refractivity contribution is 0.313. The molecule has 0 spiro atoms. The first-order valence-electron chi connectivity index (χ1n) is 4.28. The fourth-order valence-corrected chi connectivity index (χ4v) is 1.96. The summed E-state index contributed by atoms with van der Waals surface area (Å²) < 4.78 is 18.9. The third kappa shape index (κ3) is 1.91. The number of hydrogen-bond acceptors (Lipinski definition) is 2. The first-order chi connectivity index (χ1) is 7.09. The maximum Gasteiger partial charge on any atom is 0.171 e. The molecule has 0 atom stereocenters. The van der Waals surface area contributed by atoms with Gasteiger partial charge >= 0.3 is 0 Å². The van der Waals surface area contributed by atoms with Gasteiger partial charge in [-0.1, -0.05) is 0 Å². The molecule has 15 heavy (non-hydrogen) atoms. The number of hydrogen-bond donors (Lipinski definition) is 1. The molecule has 0 radical (unpaired) electrons. The molecule has 0 unspecified atom stereocenters. The van der Waals surface area contributed by atoms with E-state index in [-0.39, 0.29) is 10.9 Å². The van der Waals surface area contributed by atoms with Crippen molar-refractivity contribution in [2.75, 3.05) is 18.1 Å². The zero-order chi connectivity index (χ0) is 11.0. The molecule has 0 saturated heterocycles. The van der Waals surface area contributed by atoms with E-state index in [0.29, 0.717) is 29.1 Å². The Balaban J connectivity index is 2.51. The second kappa shape index (κ2) is 3.94. The lowest BCUT2D eigenvalue weighted by Crippen LogP contribution is -2.41. The topological polar surface area (TPSA) is 38.5 Å². The molecule has 3 nitrogen and oxygen atoms in total. The molecule has 2 N–H and O–H groups in total. The molecular weight excluding hydrogens is 283 g/mol. The number of anilines is 1. The Morgan fingerprint density at radius 2 is 2.33 bits per heavy atom. The van der Waals surface area contributed by atoms with Crippen molar-refractivity contribution in [1.29, 1.82) is 0 Å². The Labute approximate surface area is 100 Å². The highest BCUT2D eigenvalue weighted by Gasteiger charge is 2.21. The van der Waals surface area contributed by atoms with Crippen molar-refractivity contribution < 1.29 is 9.13 Å². The van der Waals surface area contributed by atoms with E-state index in [1.807, 2.05) is 0 Å². The third-order valence-corrected chi connectivity index (χ3v) is 2.96. The summed E-state index contributed by atoms with van der Waals surface area (Å²) >= 11 is 8.02. The average Bonchev–Trinajstić information content (AvgIpc) is 2.18. The van der Waals surface area contributed by atoms with Gasteiger partial charge < -0.3 is 15.4 Å². The number of thiocarbonyl (C=S) groups is 1. The fourth-order valence-electron chi connectivity index (χ4n) is 1.44. The van der Waals surface area contributed by atoms with Crippen LogP contribution in [0.2, 0.25) is 0 Å². The molecule has 2 rings (SSSR count). The summed E-state index contributed by atoms with van der Waals surface area (Å²) in [7, 11) is 0. The number of benzene rings is 1. The highest BCUT2D eigenvalue weighted by atomic mass is 79.9. The Kier molecular flexibility index (Phi) is 2.79. The van der Waals surface area contributed by atoms with Crippen LogP contribution in [0.4, 0.5) is 10.1 Å². The first kappa shape index (κ1) is 10.6. The van der Waals surface area contributed by atoms with Gasteiger partial charge in [-0.3, -0.25) is 0 Å². The van der Waals surface area contributed by atoms with Gasteiger partial charge in [0.2, 0.25) is 0 Å². The number of ether oxygens (including phenoxy) is 1. The third-order valence-electron chi connectivity index (χ3n) is 2.13. The average molecular weight is 291 g/mol. The molecule has 1 aliphatic heterocycles. The fraction of sp³-hybridized carbons (Fsp3) is 0.222. The van der Waals surface area contributed by atoms with E-state index in [9.17, 15) is 4.39 Å². The number of fused-ring (bicyclic) bond motifs is 1. The monoisotopic (exact) mass is 290 g/mol. The minimum absolute atomic E-state index is 0.262. The maximum atomic E-state index is 13.2. The van der Waals surface area contributed by atoms with Gasteiger partial charge in [-0.2, -0.15) is 0 Å². The Morgan fingerprint density at radius 1 is 1.60 bits per heavy atom. The smallest absolute Gasteiger partial charge is 0.171 e. The van der Waals surface area contributed by atoms with Crippen LogP contribution in [0.15, 0.2) is 16.6 Å². The molecule has 1 heterocycles. The second-order valence-corrected chi connectivity index (χ2v) is 4.34. The summed E-state index contributed by atoms with van der Waals surface area (Å²) in [6.45, 7) is 1.03. The van der Waals surface area contributed by atoms with Crippen LogP contribution in [0.5, 0.6) is 5.75 Å². The molecule has 80 valence electrons. The van der Waals surface area contributed by atoms with Gasteiger partial charge in [0.25, 0.3) is 0 Å². The van der Waals surface area contributed by atoms with Crippen molar-refractivity contribution in [1.82, 2.24) is 0 Å². The van der Waals surface area contributed by atoms with Gasteiger partial charge in [-0.25, -0.2) is 4.39 Å². The molecule has 0 amide bonds. The minimum atomic E-state index is -0.362. The van der Waals surface area contributed by atoms with Crippen LogP contribution in [0.1, 0.15) is 0 Å². The normalized spacial score (nSPS) is 14.4. The second-order valence-electron chi connectivity index (χ2n) is 3.07. The number of nitrogens with zero attached hydrogens (tertiary/aromatic N) is 1. The van der Waals surface area contributed by atoms with Crippen molar-refractivity contribution in [3.8, 4) is 5.75 Å². The zero-order valence-corrected chi connectivity index (χ0v) is 10.1. The highest BCUT2D eigenvalue weighted by Crippen LogP contribution is 2.35. The predicted octanol–water partition coefficient (Wildman–Crippen LogP) is 2.03. The largest absolute Gasteiger partial charge is 0.489 e. The van der Waals surface area contributed by atoms with E-state index in [0.717, 1.165) is 0 Å². The van der Waals surface area contributed by atoms with Crippen molar-refractivity contribution >= 4 is 38.9 Å². The quantitative estimate of drug-likeness (QED) is 0.742. The number of halogens is 2. The lowest BCUT2D eigenvalue weighted by atomic mass is 10.2. The summed E-state index contributed by atoms with van der Waals surface area (Å²) in [5, 5.41) is 0.262. The van der Waals surface area contributed by atoms with Crippen LogP contribution in [-0.4, -0.2) is 18.3 Å². The van der Waals surface area contributed by atoms with Gasteiger partial charge in [-0.05, 0) is 34.2 Å². The molecular formula is C9H8BrFN2OS. The summed E-state index contributed by atoms with van der Waals surface area (Å²) in [4.78, 5) is 1.72. The van der Waals surface area contributed by atoms with E-state index in [4.69, 9.17) is 22.7 Å². The van der Waals surface area contributed by atoms with E-state index in [1.165, 1.54) is 6.07 Å². The van der Waals surface area contributed by atoms with E-state index < -0.39 is 0 Å². The molecule has 1 aromatic carbocycles. The van der Waals surface area contributed by atoms with Crippen LogP contribution >= 0.6 is 28.1 Å². The van der Waals surface area contributed by atoms with Crippen molar-refractivity contribution in [2.24, 2.45) is 5.73 Å². The van der Waals surface area contributed by atoms with Crippen molar-refractivity contribution in [3.05, 3.63) is 22.4 Å². The van der Waals surface area contributed by atoms with Crippen molar-refractivity contribution in [3.63, 3.8) is 0 Å². The van der Waals surface area contributed by atoms with Crippen molar-refractivity contribution in [2.45, 2.75) is 0 Å². The van der Waals surface area contributed by atoms with Crippen LogP contribution in [0, 0.1) is 5.82 Å². The van der Waals surface area contributed by atoms with Gasteiger partial charge in [0, 0.05) is 6.07 Å². The SMILES string of the molecule is NC(=S)N1CCOc2cc(F)c(Br)cc21. The molecule has 0 fully saturated rings. The molecule has 0 aromatic heterocycles. The highest BCUT2D eigenvalue weighted by molar-refractivity contribution is 9.10. The zero-order valence-electron chi connectivity index (χ0n) is 7.67. The van der Waals surface area contributed by atoms with E-state index >= 15 is 0 Å². The Morgan fingerprint density at radius 3 is 3.00 bits per heavy atom. The van der Waals surface area contributed by atoms with E-state index in [1.54, 1.807) is 11.0 Å². The maximum absolute atomic E-state index is 13.2. The lowest BCUT2D eigenvalue weighted by Gasteiger charge is -2.29. The van der Waals surface area contributed by atoms with Crippen LogP contribution < -0.4 is 15.4 Å². The molecule has 1 aromatic rings. The Hall–Kier alpha value is -0.880. The standard InChI is InChI=1S/C9H8BrFN2OS/c10-5-3-7-8(4-6(5)11)14-2-1-13(7)9(12)15/h3-4H,1-2H2,(H2,12,15). The van der Waals surface area contributed by atoms with Crippen LogP contribution in [-0.2, 0) is 0 Å². The summed E-state index contributed by atoms with van der Waals surface area (Å²) in [6.07, 6.45) is 0.